The van der Waals surface area contributed by atoms with Crippen molar-refractivity contribution in [2.75, 3.05) is 5.73 Å². The highest BCUT2D eigenvalue weighted by Crippen LogP contribution is 2.32. The van der Waals surface area contributed by atoms with E-state index in [0.717, 1.165) is 5.69 Å². The zero-order valence-electron chi connectivity index (χ0n) is 9.51. The Morgan fingerprint density at radius 3 is 2.14 bits per heavy atom. The number of nitrogens with two attached hydrogens (primary N) is 1. The highest BCUT2D eigenvalue weighted by molar-refractivity contribution is 5.41. The molecular formula is C13H21N. The van der Waals surface area contributed by atoms with Crippen LogP contribution in [-0.4, -0.2) is 0 Å². The van der Waals surface area contributed by atoms with E-state index in [9.17, 15) is 0 Å². The van der Waals surface area contributed by atoms with Crippen LogP contribution in [-0.2, 0) is 5.41 Å². The van der Waals surface area contributed by atoms with Gasteiger partial charge < -0.3 is 5.73 Å². The van der Waals surface area contributed by atoms with Gasteiger partial charge in [-0.15, -0.1) is 0 Å². The second-order valence-electron chi connectivity index (χ2n) is 4.29. The molecule has 0 amide bonds. The number of nitrogen functional groups attached to an aromatic ring is 1. The van der Waals surface area contributed by atoms with Crippen LogP contribution in [0.1, 0.15) is 45.6 Å². The average molecular weight is 191 g/mol. The second-order valence-corrected chi connectivity index (χ2v) is 4.29. The maximum atomic E-state index is 5.69. The van der Waals surface area contributed by atoms with E-state index in [1.165, 1.54) is 24.8 Å². The van der Waals surface area contributed by atoms with E-state index in [1.54, 1.807) is 0 Å². The van der Waals surface area contributed by atoms with Crippen LogP contribution >= 0.6 is 0 Å². The van der Waals surface area contributed by atoms with Gasteiger partial charge in [-0.25, -0.2) is 0 Å². The smallest absolute Gasteiger partial charge is 0.0314 e. The van der Waals surface area contributed by atoms with Crippen molar-refractivity contribution in [3.63, 3.8) is 0 Å². The van der Waals surface area contributed by atoms with Crippen LogP contribution in [0.3, 0.4) is 0 Å². The van der Waals surface area contributed by atoms with Gasteiger partial charge in [0.15, 0.2) is 0 Å². The Kier molecular flexibility index (Phi) is 3.56. The van der Waals surface area contributed by atoms with Gasteiger partial charge in [-0.05, 0) is 36.0 Å². The maximum Gasteiger partial charge on any atom is 0.0314 e. The van der Waals surface area contributed by atoms with Gasteiger partial charge >= 0.3 is 0 Å². The normalized spacial score (nSPS) is 15.1. The van der Waals surface area contributed by atoms with Crippen molar-refractivity contribution in [1.82, 2.24) is 0 Å². The quantitative estimate of drug-likeness (QED) is 0.721. The highest BCUT2D eigenvalue weighted by atomic mass is 14.5. The molecule has 78 valence electrons. The number of benzene rings is 1. The first-order chi connectivity index (χ1) is 6.62. The molecule has 1 aromatic rings. The molecule has 0 heterocycles. The molecule has 0 aliphatic heterocycles. The molecule has 0 aliphatic rings. The summed E-state index contributed by atoms with van der Waals surface area (Å²) in [7, 11) is 0. The van der Waals surface area contributed by atoms with Gasteiger partial charge in [0.2, 0.25) is 0 Å². The molecule has 0 spiro atoms. The van der Waals surface area contributed by atoms with E-state index in [0.29, 0.717) is 5.41 Å². The standard InChI is InChI=1S/C13H21N/c1-4-10-13(3,5-2)11-6-8-12(14)9-7-11/h6-9H,4-5,10,14H2,1-3H3. The Morgan fingerprint density at radius 1 is 1.14 bits per heavy atom. The van der Waals surface area contributed by atoms with E-state index in [-0.39, 0.29) is 0 Å². The molecule has 0 saturated heterocycles. The summed E-state index contributed by atoms with van der Waals surface area (Å²) in [6.45, 7) is 6.83. The molecule has 1 nitrogen and oxygen atoms in total. The number of anilines is 1. The largest absolute Gasteiger partial charge is 0.399 e. The fourth-order valence-corrected chi connectivity index (χ4v) is 1.96. The third kappa shape index (κ3) is 2.28. The summed E-state index contributed by atoms with van der Waals surface area (Å²) in [5, 5.41) is 0. The van der Waals surface area contributed by atoms with Gasteiger partial charge in [-0.3, -0.25) is 0 Å². The molecule has 0 fully saturated rings. The second kappa shape index (κ2) is 4.50. The first-order valence-corrected chi connectivity index (χ1v) is 5.48. The van der Waals surface area contributed by atoms with Crippen LogP contribution in [0.4, 0.5) is 5.69 Å². The van der Waals surface area contributed by atoms with Crippen LogP contribution < -0.4 is 5.73 Å². The van der Waals surface area contributed by atoms with Gasteiger partial charge in [-0.1, -0.05) is 39.3 Å². The predicted molar refractivity (Wildman–Crippen MR) is 63.4 cm³/mol. The Morgan fingerprint density at radius 2 is 1.71 bits per heavy atom. The minimum Gasteiger partial charge on any atom is -0.399 e. The lowest BCUT2D eigenvalue weighted by molar-refractivity contribution is 0.414. The predicted octanol–water partition coefficient (Wildman–Crippen LogP) is 3.74. The molecular weight excluding hydrogens is 170 g/mol. The summed E-state index contributed by atoms with van der Waals surface area (Å²) in [6.07, 6.45) is 3.66. The first kappa shape index (κ1) is 11.1. The molecule has 1 unspecified atom stereocenters. The van der Waals surface area contributed by atoms with Crippen molar-refractivity contribution in [2.45, 2.75) is 45.4 Å². The molecule has 0 aromatic heterocycles. The molecule has 1 aromatic carbocycles. The highest BCUT2D eigenvalue weighted by Gasteiger charge is 2.22. The summed E-state index contributed by atoms with van der Waals surface area (Å²) in [5.74, 6) is 0. The van der Waals surface area contributed by atoms with Gasteiger partial charge in [-0.2, -0.15) is 0 Å². The van der Waals surface area contributed by atoms with Crippen LogP contribution in [0.5, 0.6) is 0 Å². The van der Waals surface area contributed by atoms with Crippen molar-refractivity contribution in [3.05, 3.63) is 29.8 Å². The fourth-order valence-electron chi connectivity index (χ4n) is 1.96. The van der Waals surface area contributed by atoms with E-state index >= 15 is 0 Å². The molecule has 1 atom stereocenters. The maximum absolute atomic E-state index is 5.69. The summed E-state index contributed by atoms with van der Waals surface area (Å²) < 4.78 is 0. The summed E-state index contributed by atoms with van der Waals surface area (Å²) >= 11 is 0. The molecule has 1 rings (SSSR count). The SMILES string of the molecule is CCCC(C)(CC)c1ccc(N)cc1. The first-order valence-electron chi connectivity index (χ1n) is 5.48. The van der Waals surface area contributed by atoms with Crippen LogP contribution in [0.2, 0.25) is 0 Å². The van der Waals surface area contributed by atoms with E-state index in [4.69, 9.17) is 5.73 Å². The third-order valence-corrected chi connectivity index (χ3v) is 3.19. The molecule has 14 heavy (non-hydrogen) atoms. The molecule has 0 saturated carbocycles. The molecule has 0 aliphatic carbocycles. The molecule has 0 bridgehead atoms. The molecule has 2 N–H and O–H groups in total. The topological polar surface area (TPSA) is 26.0 Å². The lowest BCUT2D eigenvalue weighted by Gasteiger charge is -2.28. The average Bonchev–Trinajstić information content (AvgIpc) is 2.19. The summed E-state index contributed by atoms with van der Waals surface area (Å²) in [4.78, 5) is 0. The van der Waals surface area contributed by atoms with E-state index in [2.05, 4.69) is 32.9 Å². The van der Waals surface area contributed by atoms with Crippen molar-refractivity contribution in [3.8, 4) is 0 Å². The number of rotatable bonds is 4. The van der Waals surface area contributed by atoms with Crippen molar-refractivity contribution in [2.24, 2.45) is 0 Å². The Hall–Kier alpha value is -0.980. The van der Waals surface area contributed by atoms with Gasteiger partial charge in [0.25, 0.3) is 0 Å². The van der Waals surface area contributed by atoms with Gasteiger partial charge in [0, 0.05) is 5.69 Å². The van der Waals surface area contributed by atoms with E-state index in [1.807, 2.05) is 12.1 Å². The van der Waals surface area contributed by atoms with E-state index < -0.39 is 0 Å². The lowest BCUT2D eigenvalue weighted by Crippen LogP contribution is -2.20. The lowest BCUT2D eigenvalue weighted by atomic mass is 9.76. The van der Waals surface area contributed by atoms with Crippen molar-refractivity contribution in [1.29, 1.82) is 0 Å². The Balaban J connectivity index is 2.94. The van der Waals surface area contributed by atoms with Crippen LogP contribution in [0.15, 0.2) is 24.3 Å². The summed E-state index contributed by atoms with van der Waals surface area (Å²) in [5.41, 5.74) is 8.27. The molecule has 0 radical (unpaired) electrons. The monoisotopic (exact) mass is 191 g/mol. The van der Waals surface area contributed by atoms with Gasteiger partial charge in [0.1, 0.15) is 0 Å². The minimum atomic E-state index is 0.322. The summed E-state index contributed by atoms with van der Waals surface area (Å²) in [6, 6.07) is 8.32. The Labute approximate surface area is 87.3 Å². The van der Waals surface area contributed by atoms with Gasteiger partial charge in [0.05, 0.1) is 0 Å². The zero-order valence-corrected chi connectivity index (χ0v) is 9.51. The number of hydrogen-bond donors (Lipinski definition) is 1. The zero-order chi connectivity index (χ0) is 10.6. The van der Waals surface area contributed by atoms with Crippen LogP contribution in [0, 0.1) is 0 Å². The fraction of sp³-hybridized carbons (Fsp3) is 0.538. The van der Waals surface area contributed by atoms with Crippen molar-refractivity contribution >= 4 is 5.69 Å². The molecule has 1 heteroatoms. The third-order valence-electron chi connectivity index (χ3n) is 3.19. The number of hydrogen-bond acceptors (Lipinski definition) is 1. The van der Waals surface area contributed by atoms with Crippen molar-refractivity contribution < 1.29 is 0 Å². The minimum absolute atomic E-state index is 0.322. The van der Waals surface area contributed by atoms with Crippen LogP contribution in [0.25, 0.3) is 0 Å². The Bertz CT molecular complexity index is 276.